The highest BCUT2D eigenvalue weighted by atomic mass is 32.2. The number of carboxylic acids is 1. The zero-order valence-corrected chi connectivity index (χ0v) is 13.5. The molecule has 0 spiro atoms. The first-order valence-electron chi connectivity index (χ1n) is 6.99. The molecule has 21 heavy (non-hydrogen) atoms. The number of thioether (sulfide) groups is 1. The number of nitrogens with zero attached hydrogens (tertiary/aromatic N) is 1. The molecule has 2 fully saturated rings. The van der Waals surface area contributed by atoms with Crippen LogP contribution >= 0.6 is 11.8 Å². The van der Waals surface area contributed by atoms with Crippen LogP contribution in [0.15, 0.2) is 0 Å². The molecule has 7 nitrogen and oxygen atoms in total. The van der Waals surface area contributed by atoms with Gasteiger partial charge in [0.1, 0.15) is 6.04 Å². The van der Waals surface area contributed by atoms with Crippen molar-refractivity contribution in [2.45, 2.75) is 42.9 Å². The predicted molar refractivity (Wildman–Crippen MR) is 80.0 cm³/mol. The Bertz CT molecular complexity index is 522. The van der Waals surface area contributed by atoms with Crippen LogP contribution in [0.5, 0.6) is 0 Å². The van der Waals surface area contributed by atoms with Gasteiger partial charge >= 0.3 is 12.0 Å². The Kier molecular flexibility index (Phi) is 5.03. The Morgan fingerprint density at radius 2 is 2.14 bits per heavy atom. The number of carbonyl (C=O) groups excluding carboxylic acids is 1. The molecule has 2 aliphatic rings. The van der Waals surface area contributed by atoms with Crippen LogP contribution in [0.25, 0.3) is 0 Å². The van der Waals surface area contributed by atoms with E-state index < -0.39 is 33.1 Å². The second-order valence-corrected chi connectivity index (χ2v) is 8.89. The van der Waals surface area contributed by atoms with Crippen LogP contribution in [-0.4, -0.2) is 65.1 Å². The van der Waals surface area contributed by atoms with Gasteiger partial charge in [-0.1, -0.05) is 6.92 Å². The van der Waals surface area contributed by atoms with Gasteiger partial charge in [0, 0.05) is 12.3 Å². The lowest BCUT2D eigenvalue weighted by Gasteiger charge is -2.27. The van der Waals surface area contributed by atoms with E-state index in [9.17, 15) is 23.1 Å². The molecule has 2 heterocycles. The van der Waals surface area contributed by atoms with E-state index in [1.807, 2.05) is 6.92 Å². The summed E-state index contributed by atoms with van der Waals surface area (Å²) in [7, 11) is -3.11. The maximum absolute atomic E-state index is 12.2. The van der Waals surface area contributed by atoms with Crippen molar-refractivity contribution >= 4 is 33.6 Å². The first-order valence-corrected chi connectivity index (χ1v) is 9.75. The molecule has 0 aromatic carbocycles. The molecule has 9 heteroatoms. The molecule has 0 saturated carbocycles. The fraction of sp³-hybridized carbons (Fsp3) is 0.833. The van der Waals surface area contributed by atoms with E-state index in [0.29, 0.717) is 25.0 Å². The summed E-state index contributed by atoms with van der Waals surface area (Å²) in [4.78, 5) is 24.8. The molecule has 2 rings (SSSR count). The molecule has 0 aromatic rings. The van der Waals surface area contributed by atoms with Gasteiger partial charge in [-0.2, -0.15) is 0 Å². The predicted octanol–water partition coefficient (Wildman–Crippen LogP) is 0.511. The molecule has 2 saturated heterocycles. The van der Waals surface area contributed by atoms with Crippen molar-refractivity contribution in [1.82, 2.24) is 10.2 Å². The summed E-state index contributed by atoms with van der Waals surface area (Å²) in [6.07, 6.45) is 1.83. The largest absolute Gasteiger partial charge is 0.480 e. The van der Waals surface area contributed by atoms with Gasteiger partial charge in [0.05, 0.1) is 16.4 Å². The van der Waals surface area contributed by atoms with E-state index in [1.54, 1.807) is 0 Å². The number of amides is 2. The summed E-state index contributed by atoms with van der Waals surface area (Å²) in [5.41, 5.74) is 0. The fourth-order valence-electron chi connectivity index (χ4n) is 2.72. The summed E-state index contributed by atoms with van der Waals surface area (Å²) in [6, 6.07) is -1.33. The van der Waals surface area contributed by atoms with Gasteiger partial charge in [-0.05, 0) is 19.3 Å². The topological polar surface area (TPSA) is 104 Å². The van der Waals surface area contributed by atoms with Gasteiger partial charge in [0.15, 0.2) is 9.84 Å². The van der Waals surface area contributed by atoms with Crippen LogP contribution in [-0.2, 0) is 14.6 Å². The normalized spacial score (nSPS) is 31.3. The number of aliphatic carboxylic acids is 1. The standard InChI is InChI=1S/C12H20N2O5S2/c1-2-10-14(9(7-20-10)11(15)16)12(17)13-6-8-4-3-5-21(8,18)19/h8-10H,2-7H2,1H3,(H,13,17)(H,15,16). The molecule has 3 unspecified atom stereocenters. The number of sulfone groups is 1. The summed E-state index contributed by atoms with van der Waals surface area (Å²) >= 11 is 1.44. The lowest BCUT2D eigenvalue weighted by Crippen LogP contribution is -2.51. The van der Waals surface area contributed by atoms with Crippen LogP contribution in [0.4, 0.5) is 4.79 Å². The number of carbonyl (C=O) groups is 2. The molecule has 0 aromatic heterocycles. The molecule has 2 aliphatic heterocycles. The minimum atomic E-state index is -3.11. The Hall–Kier alpha value is -0.960. The number of rotatable bonds is 4. The highest BCUT2D eigenvalue weighted by molar-refractivity contribution is 8.00. The van der Waals surface area contributed by atoms with Gasteiger partial charge in [0.2, 0.25) is 0 Å². The van der Waals surface area contributed by atoms with Crippen LogP contribution in [0, 0.1) is 0 Å². The highest BCUT2D eigenvalue weighted by Gasteiger charge is 2.41. The van der Waals surface area contributed by atoms with Crippen LogP contribution < -0.4 is 5.32 Å². The van der Waals surface area contributed by atoms with Crippen LogP contribution in [0.2, 0.25) is 0 Å². The monoisotopic (exact) mass is 336 g/mol. The minimum absolute atomic E-state index is 0.0606. The quantitative estimate of drug-likeness (QED) is 0.775. The number of hydrogen-bond acceptors (Lipinski definition) is 5. The molecular formula is C12H20N2O5S2. The molecular weight excluding hydrogens is 316 g/mol. The average molecular weight is 336 g/mol. The van der Waals surface area contributed by atoms with Crippen molar-refractivity contribution in [3.63, 3.8) is 0 Å². The Balaban J connectivity index is 1.99. The maximum atomic E-state index is 12.2. The Labute approximate surface area is 128 Å². The van der Waals surface area contributed by atoms with Crippen molar-refractivity contribution in [1.29, 1.82) is 0 Å². The fourth-order valence-corrected chi connectivity index (χ4v) is 5.83. The van der Waals surface area contributed by atoms with E-state index in [4.69, 9.17) is 0 Å². The zero-order chi connectivity index (χ0) is 15.6. The molecule has 0 radical (unpaired) electrons. The number of carboxylic acid groups (broad SMARTS) is 1. The van der Waals surface area contributed by atoms with E-state index in [-0.39, 0.29) is 17.7 Å². The van der Waals surface area contributed by atoms with Gasteiger partial charge in [-0.15, -0.1) is 11.8 Å². The third-order valence-corrected chi connectivity index (χ3v) is 7.63. The van der Waals surface area contributed by atoms with Crippen molar-refractivity contribution < 1.29 is 23.1 Å². The summed E-state index contributed by atoms with van der Waals surface area (Å²) in [6.45, 7) is 1.95. The van der Waals surface area contributed by atoms with E-state index in [2.05, 4.69) is 5.32 Å². The third-order valence-electron chi connectivity index (χ3n) is 3.91. The average Bonchev–Trinajstić information content (AvgIpc) is 2.98. The molecule has 0 aliphatic carbocycles. The molecule has 120 valence electrons. The van der Waals surface area contributed by atoms with Crippen LogP contribution in [0.3, 0.4) is 0 Å². The van der Waals surface area contributed by atoms with E-state index >= 15 is 0 Å². The Morgan fingerprint density at radius 1 is 1.43 bits per heavy atom. The molecule has 2 amide bonds. The third kappa shape index (κ3) is 3.45. The van der Waals surface area contributed by atoms with Gasteiger partial charge in [0.25, 0.3) is 0 Å². The van der Waals surface area contributed by atoms with Crippen molar-refractivity contribution in [2.75, 3.05) is 18.1 Å². The lowest BCUT2D eigenvalue weighted by atomic mass is 10.2. The summed E-state index contributed by atoms with van der Waals surface area (Å²) in [5.74, 6) is -0.493. The van der Waals surface area contributed by atoms with Crippen molar-refractivity contribution in [3.05, 3.63) is 0 Å². The highest BCUT2D eigenvalue weighted by Crippen LogP contribution is 2.31. The first-order chi connectivity index (χ1) is 9.86. The van der Waals surface area contributed by atoms with E-state index in [1.165, 1.54) is 16.7 Å². The van der Waals surface area contributed by atoms with Crippen LogP contribution in [0.1, 0.15) is 26.2 Å². The van der Waals surface area contributed by atoms with Gasteiger partial charge in [-0.3, -0.25) is 4.90 Å². The summed E-state index contributed by atoms with van der Waals surface area (Å²) < 4.78 is 23.5. The SMILES string of the molecule is CCC1SCC(C(=O)O)N1C(=O)NCC1CCCS1(=O)=O. The number of hydrogen-bond donors (Lipinski definition) is 2. The van der Waals surface area contributed by atoms with Gasteiger partial charge < -0.3 is 10.4 Å². The molecule has 0 bridgehead atoms. The molecule has 3 atom stereocenters. The van der Waals surface area contributed by atoms with Gasteiger partial charge in [-0.25, -0.2) is 18.0 Å². The second kappa shape index (κ2) is 6.43. The minimum Gasteiger partial charge on any atom is -0.480 e. The zero-order valence-electron chi connectivity index (χ0n) is 11.8. The lowest BCUT2D eigenvalue weighted by molar-refractivity contribution is -0.141. The second-order valence-electron chi connectivity index (χ2n) is 5.27. The first kappa shape index (κ1) is 16.4. The molecule has 2 N–H and O–H groups in total. The summed E-state index contributed by atoms with van der Waals surface area (Å²) in [5, 5.41) is 11.1. The number of urea groups is 1. The Morgan fingerprint density at radius 3 is 2.67 bits per heavy atom. The maximum Gasteiger partial charge on any atom is 0.327 e. The van der Waals surface area contributed by atoms with E-state index in [0.717, 1.165) is 0 Å². The smallest absolute Gasteiger partial charge is 0.327 e. The van der Waals surface area contributed by atoms with Crippen molar-refractivity contribution in [3.8, 4) is 0 Å². The van der Waals surface area contributed by atoms with Crippen molar-refractivity contribution in [2.24, 2.45) is 0 Å². The number of nitrogens with one attached hydrogen (secondary N) is 1.